The van der Waals surface area contributed by atoms with Gasteiger partial charge >= 0.3 is 5.97 Å². The maximum Gasteiger partial charge on any atom is 0.343 e. The van der Waals surface area contributed by atoms with Crippen molar-refractivity contribution in [1.29, 1.82) is 0 Å². The number of pyridine rings is 1. The third kappa shape index (κ3) is 4.18. The molecule has 9 nitrogen and oxygen atoms in total. The zero-order valence-electron chi connectivity index (χ0n) is 19.2. The molecule has 4 rings (SSSR count). The van der Waals surface area contributed by atoms with E-state index >= 15 is 0 Å². The fraction of sp³-hybridized carbons (Fsp3) is 0.348. The summed E-state index contributed by atoms with van der Waals surface area (Å²) in [5.41, 5.74) is 4.22. The van der Waals surface area contributed by atoms with Crippen molar-refractivity contribution in [2.24, 2.45) is 7.05 Å². The molecule has 0 radical (unpaired) electrons. The number of benzene rings is 1. The number of ether oxygens (including phenoxy) is 1. The summed E-state index contributed by atoms with van der Waals surface area (Å²) in [6.45, 7) is 8.01. The highest BCUT2D eigenvalue weighted by Crippen LogP contribution is 2.31. The van der Waals surface area contributed by atoms with Crippen LogP contribution < -0.4 is 5.32 Å². The van der Waals surface area contributed by atoms with Crippen LogP contribution in [0.5, 0.6) is 0 Å². The van der Waals surface area contributed by atoms with E-state index in [2.05, 4.69) is 46.6 Å². The summed E-state index contributed by atoms with van der Waals surface area (Å²) >= 11 is 1.35. The Morgan fingerprint density at radius 3 is 2.70 bits per heavy atom. The van der Waals surface area contributed by atoms with E-state index in [9.17, 15) is 9.59 Å². The number of nitrogens with zero attached hydrogens (tertiary/aromatic N) is 5. The van der Waals surface area contributed by atoms with Crippen LogP contribution in [0.15, 0.2) is 35.6 Å². The minimum Gasteiger partial charge on any atom is -0.462 e. The second-order valence-electron chi connectivity index (χ2n) is 7.73. The average Bonchev–Trinajstić information content (AvgIpc) is 3.35. The summed E-state index contributed by atoms with van der Waals surface area (Å²) in [4.78, 5) is 25.4. The molecular weight excluding hydrogens is 440 g/mol. The van der Waals surface area contributed by atoms with E-state index in [0.29, 0.717) is 17.4 Å². The number of rotatable bonds is 7. The molecule has 10 heteroatoms. The number of esters is 1. The molecule has 0 saturated carbocycles. The molecule has 0 aliphatic heterocycles. The van der Waals surface area contributed by atoms with Crippen LogP contribution >= 0.6 is 11.8 Å². The first-order chi connectivity index (χ1) is 15.8. The van der Waals surface area contributed by atoms with Gasteiger partial charge in [0.25, 0.3) is 0 Å². The molecule has 4 aromatic rings. The molecule has 3 heterocycles. The van der Waals surface area contributed by atoms with Crippen molar-refractivity contribution in [3.63, 3.8) is 0 Å². The Morgan fingerprint density at radius 2 is 1.97 bits per heavy atom. The number of aromatic nitrogens is 5. The molecule has 1 unspecified atom stereocenters. The standard InChI is InChI=1S/C23H26N6O3S/c1-6-17(21(30)25-20-16(12-24-28(20)5)22(31)32-7-2)33-23-27-26-18-11-14(4)15-10-8-9-13(3)19(15)29(18)23/h8-12,17H,6-7H2,1-5H3,(H,25,30). The molecule has 0 bridgehead atoms. The van der Waals surface area contributed by atoms with E-state index in [1.807, 2.05) is 23.5 Å². The Labute approximate surface area is 195 Å². The van der Waals surface area contributed by atoms with Crippen LogP contribution in [0, 0.1) is 13.8 Å². The van der Waals surface area contributed by atoms with Crippen LogP contribution in [-0.4, -0.2) is 48.1 Å². The van der Waals surface area contributed by atoms with Crippen molar-refractivity contribution in [1.82, 2.24) is 24.4 Å². The summed E-state index contributed by atoms with van der Waals surface area (Å²) in [5.74, 6) is -0.468. The normalized spacial score (nSPS) is 12.3. The molecule has 1 aromatic carbocycles. The zero-order valence-corrected chi connectivity index (χ0v) is 20.1. The Hall–Kier alpha value is -3.40. The third-order valence-corrected chi connectivity index (χ3v) is 6.78. The van der Waals surface area contributed by atoms with Crippen molar-refractivity contribution in [2.45, 2.75) is 44.5 Å². The van der Waals surface area contributed by atoms with E-state index in [1.54, 1.807) is 14.0 Å². The highest BCUT2D eigenvalue weighted by atomic mass is 32.2. The first-order valence-electron chi connectivity index (χ1n) is 10.8. The monoisotopic (exact) mass is 466 g/mol. The molecule has 0 saturated heterocycles. The maximum absolute atomic E-state index is 13.2. The van der Waals surface area contributed by atoms with Gasteiger partial charge in [0, 0.05) is 12.4 Å². The summed E-state index contributed by atoms with van der Waals surface area (Å²) in [6.07, 6.45) is 1.95. The van der Waals surface area contributed by atoms with Gasteiger partial charge in [-0.05, 0) is 44.4 Å². The number of carbonyl (C=O) groups is 2. The number of para-hydroxylation sites is 1. The minimum atomic E-state index is -0.526. The SMILES string of the molecule is CCOC(=O)c1cnn(C)c1NC(=O)C(CC)Sc1nnc2cc(C)c3cccc(C)c3n12. The second-order valence-corrected chi connectivity index (χ2v) is 8.90. The quantitative estimate of drug-likeness (QED) is 0.325. The topological polar surface area (TPSA) is 103 Å². The first-order valence-corrected chi connectivity index (χ1v) is 11.6. The molecule has 1 amide bonds. The summed E-state index contributed by atoms with van der Waals surface area (Å²) in [5, 5.41) is 17.0. The van der Waals surface area contributed by atoms with Gasteiger partial charge in [-0.25, -0.2) is 4.79 Å². The van der Waals surface area contributed by atoms with Crippen molar-refractivity contribution in [3.05, 3.63) is 47.2 Å². The number of carbonyl (C=O) groups excluding carboxylic acids is 2. The van der Waals surface area contributed by atoms with Crippen molar-refractivity contribution in [3.8, 4) is 0 Å². The lowest BCUT2D eigenvalue weighted by atomic mass is 10.1. The number of anilines is 1. The summed E-state index contributed by atoms with van der Waals surface area (Å²) in [6, 6.07) is 8.17. The largest absolute Gasteiger partial charge is 0.462 e. The number of fused-ring (bicyclic) bond motifs is 3. The zero-order chi connectivity index (χ0) is 23.7. The lowest BCUT2D eigenvalue weighted by Gasteiger charge is -2.16. The number of amides is 1. The Kier molecular flexibility index (Phi) is 6.37. The fourth-order valence-corrected chi connectivity index (χ4v) is 4.76. The first kappa shape index (κ1) is 22.8. The minimum absolute atomic E-state index is 0.220. The predicted molar refractivity (Wildman–Crippen MR) is 128 cm³/mol. The van der Waals surface area contributed by atoms with Gasteiger partial charge in [-0.2, -0.15) is 5.10 Å². The van der Waals surface area contributed by atoms with E-state index in [0.717, 1.165) is 27.7 Å². The molecule has 1 atom stereocenters. The van der Waals surface area contributed by atoms with Crippen LogP contribution in [0.1, 0.15) is 41.8 Å². The van der Waals surface area contributed by atoms with Crippen LogP contribution in [0.2, 0.25) is 0 Å². The highest BCUT2D eigenvalue weighted by Gasteiger charge is 2.26. The molecule has 0 aliphatic carbocycles. The Balaban J connectivity index is 1.66. The number of nitrogens with one attached hydrogen (secondary N) is 1. The van der Waals surface area contributed by atoms with Gasteiger partial charge in [0.1, 0.15) is 11.4 Å². The van der Waals surface area contributed by atoms with Gasteiger partial charge < -0.3 is 10.1 Å². The van der Waals surface area contributed by atoms with E-state index in [4.69, 9.17) is 4.74 Å². The van der Waals surface area contributed by atoms with Crippen molar-refractivity contribution in [2.75, 3.05) is 11.9 Å². The molecule has 3 aromatic heterocycles. The van der Waals surface area contributed by atoms with E-state index < -0.39 is 11.2 Å². The number of thioether (sulfide) groups is 1. The van der Waals surface area contributed by atoms with Gasteiger partial charge in [-0.3, -0.25) is 13.9 Å². The van der Waals surface area contributed by atoms with Crippen molar-refractivity contribution < 1.29 is 14.3 Å². The molecule has 33 heavy (non-hydrogen) atoms. The summed E-state index contributed by atoms with van der Waals surface area (Å²) in [7, 11) is 1.66. The lowest BCUT2D eigenvalue weighted by Crippen LogP contribution is -2.27. The van der Waals surface area contributed by atoms with Gasteiger partial charge in [0.2, 0.25) is 5.91 Å². The van der Waals surface area contributed by atoms with E-state index in [1.165, 1.54) is 22.6 Å². The predicted octanol–water partition coefficient (Wildman–Crippen LogP) is 3.92. The van der Waals surface area contributed by atoms with E-state index in [-0.39, 0.29) is 18.1 Å². The lowest BCUT2D eigenvalue weighted by molar-refractivity contribution is -0.115. The summed E-state index contributed by atoms with van der Waals surface area (Å²) < 4.78 is 8.53. The van der Waals surface area contributed by atoms with Gasteiger partial charge in [-0.1, -0.05) is 36.9 Å². The fourth-order valence-electron chi connectivity index (χ4n) is 3.80. The Morgan fingerprint density at radius 1 is 1.18 bits per heavy atom. The molecule has 0 aliphatic rings. The van der Waals surface area contributed by atoms with Crippen LogP contribution in [0.4, 0.5) is 5.82 Å². The van der Waals surface area contributed by atoms with Gasteiger partial charge in [0.05, 0.1) is 23.6 Å². The van der Waals surface area contributed by atoms with Crippen LogP contribution in [-0.2, 0) is 16.6 Å². The molecule has 172 valence electrons. The number of aryl methyl sites for hydroxylation is 3. The van der Waals surface area contributed by atoms with Crippen molar-refractivity contribution >= 4 is 46.0 Å². The van der Waals surface area contributed by atoms with Gasteiger partial charge in [0.15, 0.2) is 10.8 Å². The number of hydrogen-bond donors (Lipinski definition) is 1. The smallest absolute Gasteiger partial charge is 0.343 e. The number of hydrogen-bond acceptors (Lipinski definition) is 7. The second kappa shape index (κ2) is 9.22. The molecular formula is C23H26N6O3S. The molecule has 0 spiro atoms. The van der Waals surface area contributed by atoms with Crippen LogP contribution in [0.3, 0.4) is 0 Å². The Bertz CT molecular complexity index is 1360. The average molecular weight is 467 g/mol. The third-order valence-electron chi connectivity index (χ3n) is 5.48. The highest BCUT2D eigenvalue weighted by molar-refractivity contribution is 8.00. The van der Waals surface area contributed by atoms with Crippen LogP contribution in [0.25, 0.3) is 16.6 Å². The molecule has 0 fully saturated rings. The van der Waals surface area contributed by atoms with Gasteiger partial charge in [-0.15, -0.1) is 10.2 Å². The maximum atomic E-state index is 13.2. The molecule has 1 N–H and O–H groups in total.